The molecule has 0 saturated heterocycles. The molecule has 2 heteroatoms. The quantitative estimate of drug-likeness (QED) is 0.732. The largest absolute Gasteiger partial charge is 0.298 e. The van der Waals surface area contributed by atoms with E-state index in [9.17, 15) is 0 Å². The first-order valence-electron chi connectivity index (χ1n) is 7.56. The van der Waals surface area contributed by atoms with Crippen molar-refractivity contribution in [2.24, 2.45) is 0 Å². The lowest BCUT2D eigenvalue weighted by Crippen LogP contribution is -2.40. The van der Waals surface area contributed by atoms with Gasteiger partial charge in [0.1, 0.15) is 0 Å². The maximum absolute atomic E-state index is 6.52. The highest BCUT2D eigenvalue weighted by atomic mass is 35.5. The number of hydrogen-bond donors (Lipinski definition) is 0. The van der Waals surface area contributed by atoms with Crippen molar-refractivity contribution in [1.82, 2.24) is 4.90 Å². The molecule has 2 aromatic carbocycles. The second kappa shape index (κ2) is 6.15. The topological polar surface area (TPSA) is 3.24 Å². The van der Waals surface area contributed by atoms with E-state index in [1.807, 2.05) is 0 Å². The normalized spacial score (nSPS) is 23.4. The third kappa shape index (κ3) is 2.84. The molecular weight excluding hydrogens is 266 g/mol. The van der Waals surface area contributed by atoms with Crippen LogP contribution < -0.4 is 0 Å². The van der Waals surface area contributed by atoms with Crippen LogP contribution in [0, 0.1) is 0 Å². The molecule has 3 rings (SSSR count). The number of fused-ring (bicyclic) bond motifs is 1. The van der Waals surface area contributed by atoms with E-state index in [1.165, 1.54) is 35.6 Å². The Kier molecular flexibility index (Phi) is 4.28. The molecule has 2 atom stereocenters. The molecule has 1 nitrogen and oxygen atoms in total. The zero-order chi connectivity index (χ0) is 13.9. The third-order valence-corrected chi connectivity index (χ3v) is 5.02. The van der Waals surface area contributed by atoms with Gasteiger partial charge in [-0.2, -0.15) is 0 Å². The fourth-order valence-electron chi connectivity index (χ4n) is 3.38. The smallest absolute Gasteiger partial charge is 0.0491 e. The number of benzene rings is 2. The Morgan fingerprint density at radius 2 is 1.80 bits per heavy atom. The predicted octanol–water partition coefficient (Wildman–Crippen LogP) is 4.82. The lowest BCUT2D eigenvalue weighted by molar-refractivity contribution is 0.189. The average molecular weight is 288 g/mol. The Hall–Kier alpha value is -1.05. The lowest BCUT2D eigenvalue weighted by atomic mass is 9.93. The second-order valence-corrected chi connectivity index (χ2v) is 6.48. The molecule has 0 radical (unpaired) electrons. The maximum Gasteiger partial charge on any atom is 0.0491 e. The van der Waals surface area contributed by atoms with Crippen molar-refractivity contribution in [3.8, 4) is 0 Å². The molecule has 106 valence electrons. The molecule has 0 spiro atoms. The van der Waals surface area contributed by atoms with Gasteiger partial charge < -0.3 is 0 Å². The van der Waals surface area contributed by atoms with E-state index < -0.39 is 0 Å². The first kappa shape index (κ1) is 13.9. The highest BCUT2D eigenvalue weighted by molar-refractivity contribution is 6.21. The second-order valence-electron chi connectivity index (χ2n) is 5.92. The third-order valence-electron chi connectivity index (χ3n) is 4.51. The van der Waals surface area contributed by atoms with Crippen LogP contribution in [0.4, 0.5) is 0 Å². The van der Waals surface area contributed by atoms with Crippen molar-refractivity contribution < 1.29 is 0 Å². The van der Waals surface area contributed by atoms with Crippen molar-refractivity contribution >= 4 is 22.4 Å². The van der Waals surface area contributed by atoms with Gasteiger partial charge in [0.2, 0.25) is 0 Å². The Bertz CT molecular complexity index is 575. The monoisotopic (exact) mass is 287 g/mol. The Balaban J connectivity index is 1.82. The van der Waals surface area contributed by atoms with E-state index in [1.54, 1.807) is 0 Å². The summed E-state index contributed by atoms with van der Waals surface area (Å²) < 4.78 is 0. The summed E-state index contributed by atoms with van der Waals surface area (Å²) in [6, 6.07) is 15.7. The van der Waals surface area contributed by atoms with Crippen LogP contribution in [0.5, 0.6) is 0 Å². The van der Waals surface area contributed by atoms with Crippen LogP contribution in [-0.4, -0.2) is 23.4 Å². The molecule has 0 amide bonds. The molecule has 1 saturated carbocycles. The van der Waals surface area contributed by atoms with Crippen LogP contribution in [0.25, 0.3) is 10.8 Å². The minimum Gasteiger partial charge on any atom is -0.298 e. The summed E-state index contributed by atoms with van der Waals surface area (Å²) in [7, 11) is 2.22. The van der Waals surface area contributed by atoms with Gasteiger partial charge in [-0.25, -0.2) is 0 Å². The fourth-order valence-corrected chi connectivity index (χ4v) is 3.85. The minimum atomic E-state index is 0.309. The van der Waals surface area contributed by atoms with Gasteiger partial charge in [0, 0.05) is 18.0 Å². The van der Waals surface area contributed by atoms with Gasteiger partial charge in [0.05, 0.1) is 0 Å². The molecule has 1 aliphatic carbocycles. The SMILES string of the molecule is CN(Cc1cccc2ccccc12)C1CCCCC1Cl. The molecule has 0 bridgehead atoms. The first-order chi connectivity index (χ1) is 9.75. The van der Waals surface area contributed by atoms with E-state index in [2.05, 4.69) is 54.4 Å². The zero-order valence-electron chi connectivity index (χ0n) is 12.1. The summed E-state index contributed by atoms with van der Waals surface area (Å²) in [6.07, 6.45) is 4.99. The summed E-state index contributed by atoms with van der Waals surface area (Å²) in [5, 5.41) is 3.00. The Labute approximate surface area is 126 Å². The molecule has 1 fully saturated rings. The van der Waals surface area contributed by atoms with Crippen LogP contribution in [0.2, 0.25) is 0 Å². The molecule has 2 unspecified atom stereocenters. The summed E-state index contributed by atoms with van der Waals surface area (Å²) in [5.41, 5.74) is 1.40. The van der Waals surface area contributed by atoms with E-state index in [4.69, 9.17) is 11.6 Å². The van der Waals surface area contributed by atoms with Crippen molar-refractivity contribution in [3.63, 3.8) is 0 Å². The molecular formula is C18H22ClN. The van der Waals surface area contributed by atoms with Crippen molar-refractivity contribution in [1.29, 1.82) is 0 Å². The first-order valence-corrected chi connectivity index (χ1v) is 8.00. The van der Waals surface area contributed by atoms with E-state index in [-0.39, 0.29) is 0 Å². The van der Waals surface area contributed by atoms with Crippen molar-refractivity contribution in [2.75, 3.05) is 7.05 Å². The number of halogens is 1. The van der Waals surface area contributed by atoms with Gasteiger partial charge in [-0.15, -0.1) is 11.6 Å². The van der Waals surface area contributed by atoms with Gasteiger partial charge >= 0.3 is 0 Å². The number of nitrogens with zero attached hydrogens (tertiary/aromatic N) is 1. The summed E-state index contributed by atoms with van der Waals surface area (Å²) in [4.78, 5) is 2.44. The van der Waals surface area contributed by atoms with Crippen LogP contribution in [0.15, 0.2) is 42.5 Å². The van der Waals surface area contributed by atoms with E-state index in [0.29, 0.717) is 11.4 Å². The molecule has 0 N–H and O–H groups in total. The summed E-state index contributed by atoms with van der Waals surface area (Å²) in [5.74, 6) is 0. The predicted molar refractivity (Wildman–Crippen MR) is 87.3 cm³/mol. The fraction of sp³-hybridized carbons (Fsp3) is 0.444. The van der Waals surface area contributed by atoms with Crippen LogP contribution >= 0.6 is 11.6 Å². The standard InChI is InChI=1S/C18H22ClN/c1-20(18-12-5-4-11-17(18)19)13-15-9-6-8-14-7-2-3-10-16(14)15/h2-3,6-10,17-18H,4-5,11-13H2,1H3. The van der Waals surface area contributed by atoms with Gasteiger partial charge in [0.25, 0.3) is 0 Å². The van der Waals surface area contributed by atoms with E-state index in [0.717, 1.165) is 13.0 Å². The van der Waals surface area contributed by atoms with Crippen molar-refractivity contribution in [2.45, 2.75) is 43.6 Å². The van der Waals surface area contributed by atoms with Gasteiger partial charge in [-0.1, -0.05) is 55.3 Å². The maximum atomic E-state index is 6.52. The van der Waals surface area contributed by atoms with Gasteiger partial charge in [-0.05, 0) is 36.2 Å². The molecule has 20 heavy (non-hydrogen) atoms. The highest BCUT2D eigenvalue weighted by Crippen LogP contribution is 2.28. The highest BCUT2D eigenvalue weighted by Gasteiger charge is 2.26. The average Bonchev–Trinajstić information content (AvgIpc) is 2.48. The molecule has 1 aliphatic rings. The minimum absolute atomic E-state index is 0.309. The molecule has 0 aliphatic heterocycles. The Morgan fingerprint density at radius 3 is 2.65 bits per heavy atom. The van der Waals surface area contributed by atoms with Crippen LogP contribution in [0.1, 0.15) is 31.2 Å². The molecule has 2 aromatic rings. The van der Waals surface area contributed by atoms with Crippen molar-refractivity contribution in [3.05, 3.63) is 48.0 Å². The van der Waals surface area contributed by atoms with Crippen LogP contribution in [0.3, 0.4) is 0 Å². The Morgan fingerprint density at radius 1 is 1.05 bits per heavy atom. The lowest BCUT2D eigenvalue weighted by Gasteiger charge is -2.35. The zero-order valence-corrected chi connectivity index (χ0v) is 12.8. The number of rotatable bonds is 3. The van der Waals surface area contributed by atoms with E-state index >= 15 is 0 Å². The summed E-state index contributed by atoms with van der Waals surface area (Å²) in [6.45, 7) is 0.981. The van der Waals surface area contributed by atoms with Gasteiger partial charge in [-0.3, -0.25) is 4.90 Å². The number of hydrogen-bond acceptors (Lipinski definition) is 1. The van der Waals surface area contributed by atoms with Gasteiger partial charge in [0.15, 0.2) is 0 Å². The van der Waals surface area contributed by atoms with Crippen LogP contribution in [-0.2, 0) is 6.54 Å². The molecule has 0 heterocycles. The number of alkyl halides is 1. The summed E-state index contributed by atoms with van der Waals surface area (Å²) >= 11 is 6.52. The molecule has 0 aromatic heterocycles.